The van der Waals surface area contributed by atoms with E-state index in [4.69, 9.17) is 16.2 Å². The van der Waals surface area contributed by atoms with Gasteiger partial charge in [-0.05, 0) is 61.7 Å². The number of aromatic nitrogens is 1. The van der Waals surface area contributed by atoms with Crippen molar-refractivity contribution in [2.45, 2.75) is 25.3 Å². The zero-order valence-electron chi connectivity index (χ0n) is 18.7. The number of fused-ring (bicyclic) bond motifs is 1. The third-order valence-corrected chi connectivity index (χ3v) is 6.43. The van der Waals surface area contributed by atoms with Crippen molar-refractivity contribution < 1.29 is 14.3 Å². The minimum absolute atomic E-state index is 0.187. The van der Waals surface area contributed by atoms with Crippen LogP contribution in [0.5, 0.6) is 5.75 Å². The summed E-state index contributed by atoms with van der Waals surface area (Å²) >= 11 is 1.51. The largest absolute Gasteiger partial charge is 0.484 e. The van der Waals surface area contributed by atoms with Crippen LogP contribution in [0.25, 0.3) is 0 Å². The number of benzene rings is 2. The molecule has 178 valence electrons. The molecule has 34 heavy (non-hydrogen) atoms. The van der Waals surface area contributed by atoms with Crippen LogP contribution < -0.4 is 32.2 Å². The predicted octanol–water partition coefficient (Wildman–Crippen LogP) is 2.40. The van der Waals surface area contributed by atoms with Crippen LogP contribution >= 0.6 is 11.3 Å². The molecule has 1 aromatic heterocycles. The Morgan fingerprint density at radius 3 is 2.76 bits per heavy atom. The van der Waals surface area contributed by atoms with Crippen molar-refractivity contribution in [2.24, 2.45) is 5.73 Å². The van der Waals surface area contributed by atoms with Crippen LogP contribution in [0.1, 0.15) is 27.3 Å². The Bertz CT molecular complexity index is 1150. The van der Waals surface area contributed by atoms with E-state index in [0.717, 1.165) is 31.5 Å². The number of nitrogens with zero attached hydrogens (tertiary/aromatic N) is 1. The zero-order valence-corrected chi connectivity index (χ0v) is 19.5. The molecule has 7 N–H and O–H groups in total. The van der Waals surface area contributed by atoms with Gasteiger partial charge in [-0.1, -0.05) is 6.07 Å². The van der Waals surface area contributed by atoms with Gasteiger partial charge in [0.05, 0.1) is 5.69 Å². The SMILES string of the molecule is NCCN[C@H]1CCc2nc(NC(=O)c3cccc(OCC(=O)Nc4ccc(N)cc4)c3)sc2C1. The Balaban J connectivity index is 1.31. The van der Waals surface area contributed by atoms with E-state index in [1.54, 1.807) is 48.5 Å². The highest BCUT2D eigenvalue weighted by Gasteiger charge is 2.23. The number of thiazole rings is 1. The number of carbonyl (C=O) groups excluding carboxylic acids is 2. The maximum Gasteiger partial charge on any atom is 0.262 e. The molecule has 0 bridgehead atoms. The first-order chi connectivity index (χ1) is 16.5. The molecule has 0 fully saturated rings. The molecule has 0 aliphatic heterocycles. The summed E-state index contributed by atoms with van der Waals surface area (Å²) in [6.07, 6.45) is 2.78. The standard InChI is InChI=1S/C24H28N6O3S/c25-10-11-27-18-8-9-20-21(13-18)34-24(29-20)30-23(32)15-2-1-3-19(12-15)33-14-22(31)28-17-6-4-16(26)5-7-17/h1-7,12,18,27H,8-11,13-14,25-26H2,(H,28,31)(H,29,30,32)/t18-/m0/s1. The smallest absolute Gasteiger partial charge is 0.262 e. The molecule has 1 aliphatic carbocycles. The summed E-state index contributed by atoms with van der Waals surface area (Å²) in [5.74, 6) is -0.166. The van der Waals surface area contributed by atoms with Gasteiger partial charge in [-0.3, -0.25) is 14.9 Å². The predicted molar refractivity (Wildman–Crippen MR) is 134 cm³/mol. The van der Waals surface area contributed by atoms with Gasteiger partial charge in [0.2, 0.25) is 0 Å². The van der Waals surface area contributed by atoms with Gasteiger partial charge in [0.15, 0.2) is 11.7 Å². The minimum Gasteiger partial charge on any atom is -0.484 e. The van der Waals surface area contributed by atoms with E-state index in [1.165, 1.54) is 16.2 Å². The van der Waals surface area contributed by atoms with Gasteiger partial charge in [0.1, 0.15) is 5.75 Å². The summed E-state index contributed by atoms with van der Waals surface area (Å²) in [4.78, 5) is 30.7. The second-order valence-electron chi connectivity index (χ2n) is 8.01. The van der Waals surface area contributed by atoms with Crippen molar-refractivity contribution in [3.8, 4) is 5.75 Å². The van der Waals surface area contributed by atoms with Gasteiger partial charge in [-0.2, -0.15) is 0 Å². The highest BCUT2D eigenvalue weighted by molar-refractivity contribution is 7.15. The van der Waals surface area contributed by atoms with Crippen molar-refractivity contribution in [1.82, 2.24) is 10.3 Å². The third kappa shape index (κ3) is 6.31. The first kappa shape index (κ1) is 23.7. The fourth-order valence-electron chi connectivity index (χ4n) is 3.70. The molecular weight excluding hydrogens is 452 g/mol. The van der Waals surface area contributed by atoms with Crippen molar-refractivity contribution in [1.29, 1.82) is 0 Å². The van der Waals surface area contributed by atoms with E-state index in [-0.39, 0.29) is 18.4 Å². The van der Waals surface area contributed by atoms with Gasteiger partial charge < -0.3 is 26.8 Å². The number of amides is 2. The number of anilines is 3. The summed E-state index contributed by atoms with van der Waals surface area (Å²) in [5.41, 5.74) is 13.9. The number of aryl methyl sites for hydroxylation is 1. The number of nitrogens with two attached hydrogens (primary N) is 2. The molecule has 4 rings (SSSR count). The highest BCUT2D eigenvalue weighted by atomic mass is 32.1. The van der Waals surface area contributed by atoms with Crippen molar-refractivity contribution in [3.05, 3.63) is 64.7 Å². The number of rotatable bonds is 9. The second kappa shape index (κ2) is 11.1. The summed E-state index contributed by atoms with van der Waals surface area (Å²) in [5, 5.41) is 9.65. The fraction of sp³-hybridized carbons (Fsp3) is 0.292. The molecule has 0 saturated carbocycles. The van der Waals surface area contributed by atoms with Crippen molar-refractivity contribution in [3.63, 3.8) is 0 Å². The highest BCUT2D eigenvalue weighted by Crippen LogP contribution is 2.30. The number of nitrogen functional groups attached to an aromatic ring is 1. The number of carbonyl (C=O) groups is 2. The van der Waals surface area contributed by atoms with Crippen LogP contribution in [0, 0.1) is 0 Å². The summed E-state index contributed by atoms with van der Waals surface area (Å²) in [7, 11) is 0. The summed E-state index contributed by atoms with van der Waals surface area (Å²) in [6.45, 7) is 1.22. The quantitative estimate of drug-likeness (QED) is 0.296. The van der Waals surface area contributed by atoms with Gasteiger partial charge in [0, 0.05) is 40.9 Å². The summed E-state index contributed by atoms with van der Waals surface area (Å²) < 4.78 is 5.57. The fourth-order valence-corrected chi connectivity index (χ4v) is 4.78. The molecule has 2 amide bonds. The van der Waals surface area contributed by atoms with Crippen LogP contribution in [0.2, 0.25) is 0 Å². The van der Waals surface area contributed by atoms with E-state index in [1.807, 2.05) is 0 Å². The lowest BCUT2D eigenvalue weighted by Crippen LogP contribution is -2.37. The summed E-state index contributed by atoms with van der Waals surface area (Å²) in [6, 6.07) is 13.9. The Labute approximate surface area is 201 Å². The molecule has 0 saturated heterocycles. The second-order valence-corrected chi connectivity index (χ2v) is 9.10. The number of hydrogen-bond donors (Lipinski definition) is 5. The Morgan fingerprint density at radius 2 is 1.97 bits per heavy atom. The van der Waals surface area contributed by atoms with Crippen LogP contribution in [0.4, 0.5) is 16.5 Å². The molecule has 2 aromatic carbocycles. The normalized spacial score (nSPS) is 14.8. The van der Waals surface area contributed by atoms with E-state index >= 15 is 0 Å². The van der Waals surface area contributed by atoms with Crippen molar-refractivity contribution in [2.75, 3.05) is 36.1 Å². The maximum absolute atomic E-state index is 12.8. The number of hydrogen-bond acceptors (Lipinski definition) is 8. The lowest BCUT2D eigenvalue weighted by atomic mass is 9.98. The third-order valence-electron chi connectivity index (χ3n) is 5.40. The van der Waals surface area contributed by atoms with Gasteiger partial charge >= 0.3 is 0 Å². The van der Waals surface area contributed by atoms with Crippen LogP contribution in [0.3, 0.4) is 0 Å². The Hall–Kier alpha value is -3.47. The van der Waals surface area contributed by atoms with Crippen LogP contribution in [0.15, 0.2) is 48.5 Å². The first-order valence-electron chi connectivity index (χ1n) is 11.1. The number of nitrogens with one attached hydrogen (secondary N) is 3. The van der Waals surface area contributed by atoms with Crippen molar-refractivity contribution >= 4 is 39.7 Å². The minimum atomic E-state index is -0.313. The topological polar surface area (TPSA) is 144 Å². The molecule has 0 spiro atoms. The van der Waals surface area contributed by atoms with E-state index in [0.29, 0.717) is 40.4 Å². The van der Waals surface area contributed by atoms with Gasteiger partial charge in [0.25, 0.3) is 11.8 Å². The molecule has 1 heterocycles. The molecule has 0 radical (unpaired) electrons. The zero-order chi connectivity index (χ0) is 23.9. The number of ether oxygens (including phenoxy) is 1. The molecule has 9 nitrogen and oxygen atoms in total. The Morgan fingerprint density at radius 1 is 1.15 bits per heavy atom. The monoisotopic (exact) mass is 480 g/mol. The van der Waals surface area contributed by atoms with E-state index in [9.17, 15) is 9.59 Å². The van der Waals surface area contributed by atoms with Gasteiger partial charge in [-0.15, -0.1) is 11.3 Å². The van der Waals surface area contributed by atoms with Gasteiger partial charge in [-0.25, -0.2) is 4.98 Å². The average Bonchev–Trinajstić information content (AvgIpc) is 3.24. The van der Waals surface area contributed by atoms with Crippen LogP contribution in [-0.2, 0) is 17.6 Å². The molecular formula is C24H28N6O3S. The van der Waals surface area contributed by atoms with Crippen LogP contribution in [-0.4, -0.2) is 42.5 Å². The molecule has 10 heteroatoms. The lowest BCUT2D eigenvalue weighted by Gasteiger charge is -2.21. The molecule has 1 aliphatic rings. The lowest BCUT2D eigenvalue weighted by molar-refractivity contribution is -0.118. The first-order valence-corrected chi connectivity index (χ1v) is 11.9. The molecule has 1 atom stereocenters. The molecule has 0 unspecified atom stereocenters. The Kier molecular flexibility index (Phi) is 7.73. The maximum atomic E-state index is 12.8. The van der Waals surface area contributed by atoms with E-state index in [2.05, 4.69) is 20.9 Å². The average molecular weight is 481 g/mol. The molecule has 3 aromatic rings. The van der Waals surface area contributed by atoms with E-state index < -0.39 is 0 Å².